The molecule has 0 radical (unpaired) electrons. The monoisotopic (exact) mass is 712 g/mol. The zero-order chi connectivity index (χ0) is 36.6. The predicted molar refractivity (Wildman–Crippen MR) is 215 cm³/mol. The number of carbonyl (C=O) groups excluding carboxylic acids is 1. The SMILES string of the molecule is CCCCCCCCCOC(C)OCCCCCCN(CCO)CCCCCCCC(=O)OC(CCCCCCCC)CCCCCCCC. The van der Waals surface area contributed by atoms with Crippen LogP contribution in [0.2, 0.25) is 0 Å². The second kappa shape index (κ2) is 41.1. The molecule has 0 saturated carbocycles. The second-order valence-electron chi connectivity index (χ2n) is 15.2. The molecule has 0 aromatic carbocycles. The van der Waals surface area contributed by atoms with Crippen molar-refractivity contribution in [1.82, 2.24) is 4.90 Å². The molecule has 0 saturated heterocycles. The summed E-state index contributed by atoms with van der Waals surface area (Å²) in [7, 11) is 0. The number of unbranched alkanes of at least 4 members (excludes halogenated alkanes) is 23. The van der Waals surface area contributed by atoms with E-state index in [1.165, 1.54) is 148 Å². The van der Waals surface area contributed by atoms with E-state index in [9.17, 15) is 9.90 Å². The molecule has 0 fully saturated rings. The molecular weight excluding hydrogens is 622 g/mol. The number of nitrogens with zero attached hydrogens (tertiary/aromatic N) is 1. The summed E-state index contributed by atoms with van der Waals surface area (Å²) in [5.74, 6) is 0.0225. The molecule has 0 aliphatic rings. The van der Waals surface area contributed by atoms with Crippen LogP contribution in [-0.2, 0) is 19.0 Å². The first-order valence-corrected chi connectivity index (χ1v) is 22.3. The van der Waals surface area contributed by atoms with E-state index in [2.05, 4.69) is 25.7 Å². The summed E-state index contributed by atoms with van der Waals surface area (Å²) in [6.07, 6.45) is 37.5. The van der Waals surface area contributed by atoms with E-state index in [1.807, 2.05) is 6.92 Å². The Labute approximate surface area is 312 Å². The van der Waals surface area contributed by atoms with Gasteiger partial charge in [0.15, 0.2) is 6.29 Å². The molecule has 6 nitrogen and oxygen atoms in total. The molecule has 1 N–H and O–H groups in total. The minimum Gasteiger partial charge on any atom is -0.462 e. The van der Waals surface area contributed by atoms with Crippen LogP contribution in [0.15, 0.2) is 0 Å². The second-order valence-corrected chi connectivity index (χ2v) is 15.2. The maximum atomic E-state index is 12.7. The van der Waals surface area contributed by atoms with Gasteiger partial charge in [0, 0.05) is 26.2 Å². The third kappa shape index (κ3) is 37.1. The van der Waals surface area contributed by atoms with Crippen molar-refractivity contribution in [3.05, 3.63) is 0 Å². The molecule has 300 valence electrons. The summed E-state index contributed by atoms with van der Waals surface area (Å²) >= 11 is 0. The van der Waals surface area contributed by atoms with E-state index in [1.54, 1.807) is 0 Å². The lowest BCUT2D eigenvalue weighted by Crippen LogP contribution is -2.29. The van der Waals surface area contributed by atoms with Crippen molar-refractivity contribution < 1.29 is 24.1 Å². The van der Waals surface area contributed by atoms with Crippen LogP contribution < -0.4 is 0 Å². The molecule has 0 rings (SSSR count). The molecule has 0 aromatic rings. The molecule has 1 atom stereocenters. The van der Waals surface area contributed by atoms with E-state index in [0.29, 0.717) is 6.42 Å². The lowest BCUT2D eigenvalue weighted by molar-refractivity contribution is -0.150. The Morgan fingerprint density at radius 2 is 0.880 bits per heavy atom. The van der Waals surface area contributed by atoms with Crippen molar-refractivity contribution in [3.63, 3.8) is 0 Å². The Hall–Kier alpha value is -0.690. The topological polar surface area (TPSA) is 68.2 Å². The number of aliphatic hydroxyl groups excluding tert-OH is 1. The zero-order valence-corrected chi connectivity index (χ0v) is 34.3. The average molecular weight is 712 g/mol. The van der Waals surface area contributed by atoms with Gasteiger partial charge >= 0.3 is 5.97 Å². The number of hydrogen-bond donors (Lipinski definition) is 1. The molecular formula is C44H89NO5. The minimum atomic E-state index is -0.101. The van der Waals surface area contributed by atoms with Crippen LogP contribution in [-0.4, -0.2) is 67.8 Å². The van der Waals surface area contributed by atoms with Gasteiger partial charge in [0.1, 0.15) is 6.10 Å². The van der Waals surface area contributed by atoms with Crippen LogP contribution in [0.1, 0.15) is 227 Å². The summed E-state index contributed by atoms with van der Waals surface area (Å²) < 4.78 is 17.7. The van der Waals surface area contributed by atoms with Crippen molar-refractivity contribution in [2.24, 2.45) is 0 Å². The number of ether oxygens (including phenoxy) is 3. The number of rotatable bonds is 42. The lowest BCUT2D eigenvalue weighted by Gasteiger charge is -2.21. The van der Waals surface area contributed by atoms with Gasteiger partial charge < -0.3 is 24.2 Å². The molecule has 0 aliphatic carbocycles. The Morgan fingerprint density at radius 1 is 0.500 bits per heavy atom. The molecule has 0 aliphatic heterocycles. The van der Waals surface area contributed by atoms with E-state index in [-0.39, 0.29) is 25.0 Å². The van der Waals surface area contributed by atoms with Crippen molar-refractivity contribution in [2.75, 3.05) is 39.5 Å². The van der Waals surface area contributed by atoms with E-state index < -0.39 is 0 Å². The van der Waals surface area contributed by atoms with Gasteiger partial charge in [-0.05, 0) is 77.8 Å². The van der Waals surface area contributed by atoms with Gasteiger partial charge in [-0.15, -0.1) is 0 Å². The first-order chi connectivity index (χ1) is 24.6. The third-order valence-electron chi connectivity index (χ3n) is 10.2. The van der Waals surface area contributed by atoms with Gasteiger partial charge in [0.2, 0.25) is 0 Å². The third-order valence-corrected chi connectivity index (χ3v) is 10.2. The summed E-state index contributed by atoms with van der Waals surface area (Å²) in [6.45, 7) is 13.5. The van der Waals surface area contributed by atoms with Crippen LogP contribution in [0.25, 0.3) is 0 Å². The number of aliphatic hydroxyl groups is 1. The summed E-state index contributed by atoms with van der Waals surface area (Å²) in [4.78, 5) is 15.1. The fourth-order valence-electron chi connectivity index (χ4n) is 6.82. The molecule has 0 bridgehead atoms. The summed E-state index contributed by atoms with van der Waals surface area (Å²) in [5, 5.41) is 9.55. The van der Waals surface area contributed by atoms with Gasteiger partial charge in [-0.2, -0.15) is 0 Å². The standard InChI is InChI=1S/C44H89NO5/c1-5-8-11-14-17-24-31-40-48-42(4)49-41-32-25-23-30-37-45(38-39-46)36-29-22-18-21-28-35-44(47)50-43(33-26-19-15-12-9-6-2)34-27-20-16-13-10-7-3/h42-43,46H,5-41H2,1-4H3. The highest BCUT2D eigenvalue weighted by molar-refractivity contribution is 5.69. The maximum Gasteiger partial charge on any atom is 0.306 e. The zero-order valence-electron chi connectivity index (χ0n) is 34.3. The Kier molecular flexibility index (Phi) is 40.5. The van der Waals surface area contributed by atoms with Crippen molar-refractivity contribution in [2.45, 2.75) is 239 Å². The van der Waals surface area contributed by atoms with Crippen LogP contribution in [0, 0.1) is 0 Å². The largest absolute Gasteiger partial charge is 0.462 e. The number of hydrogen-bond acceptors (Lipinski definition) is 6. The normalized spacial score (nSPS) is 12.4. The lowest BCUT2D eigenvalue weighted by atomic mass is 10.0. The van der Waals surface area contributed by atoms with Gasteiger partial charge in [0.25, 0.3) is 0 Å². The minimum absolute atomic E-state index is 0.0225. The van der Waals surface area contributed by atoms with Gasteiger partial charge in [-0.3, -0.25) is 4.79 Å². The first kappa shape index (κ1) is 49.3. The number of carbonyl (C=O) groups is 1. The molecule has 1 unspecified atom stereocenters. The smallest absolute Gasteiger partial charge is 0.306 e. The van der Waals surface area contributed by atoms with E-state index in [0.717, 1.165) is 77.8 Å². The molecule has 6 heteroatoms. The fourth-order valence-corrected chi connectivity index (χ4v) is 6.82. The summed E-state index contributed by atoms with van der Waals surface area (Å²) in [6, 6.07) is 0. The predicted octanol–water partition coefficient (Wildman–Crippen LogP) is 12.7. The van der Waals surface area contributed by atoms with E-state index in [4.69, 9.17) is 14.2 Å². The Bertz CT molecular complexity index is 646. The molecule has 0 heterocycles. The highest BCUT2D eigenvalue weighted by Gasteiger charge is 2.14. The Balaban J connectivity index is 3.94. The van der Waals surface area contributed by atoms with Crippen LogP contribution in [0.4, 0.5) is 0 Å². The summed E-state index contributed by atoms with van der Waals surface area (Å²) in [5.41, 5.74) is 0. The van der Waals surface area contributed by atoms with Crippen molar-refractivity contribution in [1.29, 1.82) is 0 Å². The van der Waals surface area contributed by atoms with Crippen molar-refractivity contribution >= 4 is 5.97 Å². The van der Waals surface area contributed by atoms with Gasteiger partial charge in [-0.1, -0.05) is 156 Å². The van der Waals surface area contributed by atoms with E-state index >= 15 is 0 Å². The van der Waals surface area contributed by atoms with Crippen LogP contribution in [0.3, 0.4) is 0 Å². The van der Waals surface area contributed by atoms with Gasteiger partial charge in [-0.25, -0.2) is 0 Å². The molecule has 0 amide bonds. The quantitative estimate of drug-likeness (QED) is 0.0386. The highest BCUT2D eigenvalue weighted by Crippen LogP contribution is 2.18. The van der Waals surface area contributed by atoms with Crippen LogP contribution in [0.5, 0.6) is 0 Å². The Morgan fingerprint density at radius 3 is 1.32 bits per heavy atom. The first-order valence-electron chi connectivity index (χ1n) is 22.3. The average Bonchev–Trinajstić information content (AvgIpc) is 3.11. The molecule has 0 aromatic heterocycles. The van der Waals surface area contributed by atoms with Crippen LogP contribution >= 0.6 is 0 Å². The molecule has 50 heavy (non-hydrogen) atoms. The highest BCUT2D eigenvalue weighted by atomic mass is 16.7. The fraction of sp³-hybridized carbons (Fsp3) is 0.977. The van der Waals surface area contributed by atoms with Crippen molar-refractivity contribution in [3.8, 4) is 0 Å². The maximum absolute atomic E-state index is 12.7. The van der Waals surface area contributed by atoms with Gasteiger partial charge in [0.05, 0.1) is 6.61 Å². The molecule has 0 spiro atoms. The number of esters is 1.